The monoisotopic (exact) mass is 194 g/mol. The zero-order valence-corrected chi connectivity index (χ0v) is 8.75. The molecule has 0 atom stereocenters. The van der Waals surface area contributed by atoms with Gasteiger partial charge in [0.15, 0.2) is 5.82 Å². The molecule has 1 saturated carbocycles. The lowest BCUT2D eigenvalue weighted by Gasteiger charge is -2.24. The number of nitrogens with two attached hydrogens (primary N) is 1. The first-order chi connectivity index (χ1) is 6.81. The van der Waals surface area contributed by atoms with Crippen molar-refractivity contribution in [1.29, 1.82) is 0 Å². The Hall–Kier alpha value is -0.990. The van der Waals surface area contributed by atoms with Crippen LogP contribution in [0.15, 0.2) is 4.52 Å². The van der Waals surface area contributed by atoms with Crippen LogP contribution in [0.3, 0.4) is 0 Å². The summed E-state index contributed by atoms with van der Waals surface area (Å²) in [5.41, 5.74) is 6.91. The molecule has 0 spiro atoms. The van der Waals surface area contributed by atoms with E-state index in [1.165, 1.54) is 19.3 Å². The Morgan fingerprint density at radius 1 is 1.50 bits per heavy atom. The molecule has 0 amide bonds. The highest BCUT2D eigenvalue weighted by Gasteiger charge is 2.22. The minimum Gasteiger partial charge on any atom is -0.381 e. The summed E-state index contributed by atoms with van der Waals surface area (Å²) < 4.78 is 5.28. The maximum absolute atomic E-state index is 5.76. The third-order valence-corrected chi connectivity index (χ3v) is 3.10. The summed E-state index contributed by atoms with van der Waals surface area (Å²) in [6.07, 6.45) is 7.19. The zero-order valence-electron chi connectivity index (χ0n) is 8.75. The molecule has 78 valence electrons. The molecule has 1 aliphatic carbocycles. The fourth-order valence-corrected chi connectivity index (χ4v) is 1.99. The summed E-state index contributed by atoms with van der Waals surface area (Å²) >= 11 is 0. The highest BCUT2D eigenvalue weighted by molar-refractivity contribution is 5.40. The number of rotatable bonds is 4. The number of anilines is 1. The van der Waals surface area contributed by atoms with Crippen LogP contribution in [-0.2, 0) is 12.8 Å². The van der Waals surface area contributed by atoms with Gasteiger partial charge in [0.05, 0.1) is 0 Å². The third-order valence-electron chi connectivity index (χ3n) is 3.10. The fraction of sp³-hybridized carbons (Fsp3) is 0.727. The predicted molar refractivity (Wildman–Crippen MR) is 56.0 cm³/mol. The molecule has 1 aromatic heterocycles. The molecular weight excluding hydrogens is 176 g/mol. The lowest BCUT2D eigenvalue weighted by Crippen LogP contribution is -2.14. The minimum atomic E-state index is 0.598. The van der Waals surface area contributed by atoms with Gasteiger partial charge in [-0.2, -0.15) is 0 Å². The van der Waals surface area contributed by atoms with Gasteiger partial charge in [-0.1, -0.05) is 37.8 Å². The Balaban J connectivity index is 2.06. The van der Waals surface area contributed by atoms with Crippen LogP contribution in [0.1, 0.15) is 43.9 Å². The van der Waals surface area contributed by atoms with Crippen LogP contribution in [0.4, 0.5) is 5.82 Å². The molecule has 3 heteroatoms. The fourth-order valence-electron chi connectivity index (χ4n) is 1.99. The molecule has 1 aromatic rings. The topological polar surface area (TPSA) is 52.0 Å². The van der Waals surface area contributed by atoms with Gasteiger partial charge in [0.2, 0.25) is 0 Å². The molecule has 1 aliphatic rings. The van der Waals surface area contributed by atoms with E-state index >= 15 is 0 Å². The Kier molecular flexibility index (Phi) is 2.75. The molecule has 2 N–H and O–H groups in total. The van der Waals surface area contributed by atoms with E-state index in [1.54, 1.807) is 0 Å². The molecule has 0 radical (unpaired) electrons. The average Bonchev–Trinajstić information content (AvgIpc) is 2.43. The molecule has 0 aliphatic heterocycles. The number of nitrogen functional groups attached to an aromatic ring is 1. The lowest BCUT2D eigenvalue weighted by atomic mass is 9.81. The van der Waals surface area contributed by atoms with Crippen LogP contribution < -0.4 is 5.73 Å². The Morgan fingerprint density at radius 2 is 2.29 bits per heavy atom. The summed E-state index contributed by atoms with van der Waals surface area (Å²) in [5, 5.41) is 3.85. The average molecular weight is 194 g/mol. The summed E-state index contributed by atoms with van der Waals surface area (Å²) in [5.74, 6) is 2.45. The van der Waals surface area contributed by atoms with E-state index in [0.29, 0.717) is 5.82 Å². The van der Waals surface area contributed by atoms with Crippen molar-refractivity contribution in [2.24, 2.45) is 5.92 Å². The molecule has 0 unspecified atom stereocenters. The minimum absolute atomic E-state index is 0.598. The van der Waals surface area contributed by atoms with Gasteiger partial charge in [-0.15, -0.1) is 0 Å². The number of hydrogen-bond donors (Lipinski definition) is 1. The van der Waals surface area contributed by atoms with E-state index in [9.17, 15) is 0 Å². The van der Waals surface area contributed by atoms with Gasteiger partial charge < -0.3 is 10.3 Å². The SMILES string of the molecule is CCCc1c(N)noc1CC1CCC1. The van der Waals surface area contributed by atoms with E-state index in [1.807, 2.05) is 0 Å². The van der Waals surface area contributed by atoms with E-state index in [0.717, 1.165) is 36.5 Å². The smallest absolute Gasteiger partial charge is 0.170 e. The molecule has 3 nitrogen and oxygen atoms in total. The van der Waals surface area contributed by atoms with Crippen LogP contribution >= 0.6 is 0 Å². The van der Waals surface area contributed by atoms with E-state index < -0.39 is 0 Å². The second-order valence-electron chi connectivity index (χ2n) is 4.22. The molecule has 0 saturated heterocycles. The first kappa shape index (κ1) is 9.56. The Bertz CT molecular complexity index is 302. The van der Waals surface area contributed by atoms with Crippen molar-refractivity contribution in [2.45, 2.75) is 45.4 Å². The van der Waals surface area contributed by atoms with Crippen molar-refractivity contribution in [2.75, 3.05) is 5.73 Å². The molecular formula is C11H18N2O. The molecule has 1 heterocycles. The van der Waals surface area contributed by atoms with Crippen molar-refractivity contribution in [3.05, 3.63) is 11.3 Å². The summed E-state index contributed by atoms with van der Waals surface area (Å²) in [6.45, 7) is 2.15. The number of nitrogens with zero attached hydrogens (tertiary/aromatic N) is 1. The van der Waals surface area contributed by atoms with Gasteiger partial charge in [0, 0.05) is 12.0 Å². The standard InChI is InChI=1S/C11H18N2O/c1-2-4-9-10(14-13-11(9)12)7-8-5-3-6-8/h8H,2-7H2,1H3,(H2,12,13). The van der Waals surface area contributed by atoms with Crippen LogP contribution in [0.5, 0.6) is 0 Å². The quantitative estimate of drug-likeness (QED) is 0.801. The lowest BCUT2D eigenvalue weighted by molar-refractivity contribution is 0.277. The van der Waals surface area contributed by atoms with Crippen LogP contribution in [-0.4, -0.2) is 5.16 Å². The summed E-state index contributed by atoms with van der Waals surface area (Å²) in [7, 11) is 0. The first-order valence-corrected chi connectivity index (χ1v) is 5.54. The van der Waals surface area contributed by atoms with E-state index in [4.69, 9.17) is 10.3 Å². The van der Waals surface area contributed by atoms with Crippen molar-refractivity contribution in [1.82, 2.24) is 5.16 Å². The maximum atomic E-state index is 5.76. The van der Waals surface area contributed by atoms with Gasteiger partial charge in [0.1, 0.15) is 5.76 Å². The van der Waals surface area contributed by atoms with Crippen molar-refractivity contribution in [3.63, 3.8) is 0 Å². The molecule has 0 bridgehead atoms. The van der Waals surface area contributed by atoms with Gasteiger partial charge >= 0.3 is 0 Å². The van der Waals surface area contributed by atoms with E-state index in [-0.39, 0.29) is 0 Å². The second kappa shape index (κ2) is 4.03. The molecule has 0 aromatic carbocycles. The molecule has 2 rings (SSSR count). The van der Waals surface area contributed by atoms with Crippen LogP contribution in [0.2, 0.25) is 0 Å². The van der Waals surface area contributed by atoms with Gasteiger partial charge in [-0.05, 0) is 12.3 Å². The van der Waals surface area contributed by atoms with Crippen LogP contribution in [0.25, 0.3) is 0 Å². The summed E-state index contributed by atoms with van der Waals surface area (Å²) in [6, 6.07) is 0. The van der Waals surface area contributed by atoms with Gasteiger partial charge in [-0.25, -0.2) is 0 Å². The molecule has 1 fully saturated rings. The summed E-state index contributed by atoms with van der Waals surface area (Å²) in [4.78, 5) is 0. The van der Waals surface area contributed by atoms with Crippen LogP contribution in [0, 0.1) is 5.92 Å². The number of hydrogen-bond acceptors (Lipinski definition) is 3. The van der Waals surface area contributed by atoms with Gasteiger partial charge in [-0.3, -0.25) is 0 Å². The normalized spacial score (nSPS) is 16.9. The highest BCUT2D eigenvalue weighted by Crippen LogP contribution is 2.32. The largest absolute Gasteiger partial charge is 0.381 e. The van der Waals surface area contributed by atoms with Crippen molar-refractivity contribution >= 4 is 5.82 Å². The zero-order chi connectivity index (χ0) is 9.97. The number of aromatic nitrogens is 1. The predicted octanol–water partition coefficient (Wildman–Crippen LogP) is 2.55. The maximum Gasteiger partial charge on any atom is 0.170 e. The Morgan fingerprint density at radius 3 is 2.86 bits per heavy atom. The Labute approximate surface area is 84.7 Å². The third kappa shape index (κ3) is 1.76. The molecule has 14 heavy (non-hydrogen) atoms. The van der Waals surface area contributed by atoms with E-state index in [2.05, 4.69) is 12.1 Å². The first-order valence-electron chi connectivity index (χ1n) is 5.54. The highest BCUT2D eigenvalue weighted by atomic mass is 16.5. The second-order valence-corrected chi connectivity index (χ2v) is 4.22. The van der Waals surface area contributed by atoms with Gasteiger partial charge in [0.25, 0.3) is 0 Å². The van der Waals surface area contributed by atoms with Crippen molar-refractivity contribution < 1.29 is 4.52 Å². The van der Waals surface area contributed by atoms with Crippen molar-refractivity contribution in [3.8, 4) is 0 Å².